The molecule has 0 aliphatic rings. The summed E-state index contributed by atoms with van der Waals surface area (Å²) in [6.45, 7) is 0. The predicted molar refractivity (Wildman–Crippen MR) is 90.1 cm³/mol. The predicted octanol–water partition coefficient (Wildman–Crippen LogP) is 4.09. The molecule has 3 nitrogen and oxygen atoms in total. The van der Waals surface area contributed by atoms with Gasteiger partial charge in [0.1, 0.15) is 17.4 Å². The molecule has 2 aromatic rings. The van der Waals surface area contributed by atoms with Crippen LogP contribution in [0.15, 0.2) is 54.1 Å². The summed E-state index contributed by atoms with van der Waals surface area (Å²) in [6.07, 6.45) is 1.61. The normalized spacial score (nSPS) is 10.8. The highest BCUT2D eigenvalue weighted by atomic mass is 127. The van der Waals surface area contributed by atoms with Crippen molar-refractivity contribution < 1.29 is 9.53 Å². The monoisotopic (exact) mass is 389 g/mol. The largest absolute Gasteiger partial charge is 0.497 e. The maximum Gasteiger partial charge on any atom is 0.203 e. The van der Waals surface area contributed by atoms with Crippen molar-refractivity contribution in [3.05, 3.63) is 68.8 Å². The third kappa shape index (κ3) is 3.70. The third-order valence-electron chi connectivity index (χ3n) is 2.90. The van der Waals surface area contributed by atoms with Crippen molar-refractivity contribution in [2.45, 2.75) is 0 Å². The lowest BCUT2D eigenvalue weighted by molar-refractivity contribution is 0.103. The van der Waals surface area contributed by atoms with Crippen molar-refractivity contribution >= 4 is 34.5 Å². The van der Waals surface area contributed by atoms with Crippen LogP contribution in [0, 0.1) is 14.9 Å². The smallest absolute Gasteiger partial charge is 0.203 e. The zero-order valence-electron chi connectivity index (χ0n) is 11.3. The van der Waals surface area contributed by atoms with Crippen molar-refractivity contribution in [3.8, 4) is 11.8 Å². The van der Waals surface area contributed by atoms with Gasteiger partial charge in [-0.25, -0.2) is 0 Å². The molecule has 0 amide bonds. The fourth-order valence-electron chi connectivity index (χ4n) is 1.82. The summed E-state index contributed by atoms with van der Waals surface area (Å²) in [4.78, 5) is 12.4. The molecule has 0 saturated carbocycles. The molecule has 0 saturated heterocycles. The van der Waals surface area contributed by atoms with Gasteiger partial charge in [0.05, 0.1) is 7.11 Å². The van der Waals surface area contributed by atoms with Gasteiger partial charge in [-0.15, -0.1) is 0 Å². The first-order valence-electron chi connectivity index (χ1n) is 6.21. The molecule has 0 unspecified atom stereocenters. The standard InChI is InChI=1S/C17H12INO2/c1-21-15-7-4-6-13(10-15)17(20)14(11-19)9-12-5-2-3-8-16(12)18/h2-10H,1H3/b14-9-. The quantitative estimate of drug-likeness (QED) is 0.343. The van der Waals surface area contributed by atoms with Crippen LogP contribution in [0.3, 0.4) is 0 Å². The van der Waals surface area contributed by atoms with Crippen molar-refractivity contribution in [1.29, 1.82) is 5.26 Å². The van der Waals surface area contributed by atoms with Gasteiger partial charge in [0.15, 0.2) is 0 Å². The number of methoxy groups -OCH3 is 1. The summed E-state index contributed by atoms with van der Waals surface area (Å²) in [5.41, 5.74) is 1.39. The van der Waals surface area contributed by atoms with E-state index < -0.39 is 0 Å². The van der Waals surface area contributed by atoms with E-state index in [0.29, 0.717) is 11.3 Å². The number of carbonyl (C=O) groups is 1. The van der Waals surface area contributed by atoms with Crippen molar-refractivity contribution in [3.63, 3.8) is 0 Å². The van der Waals surface area contributed by atoms with Crippen LogP contribution in [-0.2, 0) is 0 Å². The average molecular weight is 389 g/mol. The average Bonchev–Trinajstić information content (AvgIpc) is 2.53. The maximum atomic E-state index is 12.4. The van der Waals surface area contributed by atoms with Crippen molar-refractivity contribution in [2.24, 2.45) is 0 Å². The first kappa shape index (κ1) is 15.3. The molecular weight excluding hydrogens is 377 g/mol. The number of rotatable bonds is 4. The van der Waals surface area contributed by atoms with E-state index in [1.807, 2.05) is 30.3 Å². The van der Waals surface area contributed by atoms with Gasteiger partial charge >= 0.3 is 0 Å². The number of nitriles is 1. The molecule has 0 bridgehead atoms. The third-order valence-corrected chi connectivity index (χ3v) is 3.88. The lowest BCUT2D eigenvalue weighted by atomic mass is 10.0. The highest BCUT2D eigenvalue weighted by Gasteiger charge is 2.13. The second kappa shape index (κ2) is 7.04. The highest BCUT2D eigenvalue weighted by molar-refractivity contribution is 14.1. The Morgan fingerprint density at radius 2 is 2.00 bits per heavy atom. The summed E-state index contributed by atoms with van der Waals surface area (Å²) in [6, 6.07) is 16.4. The van der Waals surface area contributed by atoms with Gasteiger partial charge in [0.2, 0.25) is 5.78 Å². The van der Waals surface area contributed by atoms with Crippen LogP contribution < -0.4 is 4.74 Å². The Hall–Kier alpha value is -2.13. The van der Waals surface area contributed by atoms with E-state index in [4.69, 9.17) is 4.74 Å². The number of Topliss-reactive ketones (excluding diaryl/α,β-unsaturated/α-hetero) is 1. The Bertz CT molecular complexity index is 744. The second-order valence-electron chi connectivity index (χ2n) is 4.25. The van der Waals surface area contributed by atoms with E-state index in [-0.39, 0.29) is 11.4 Å². The van der Waals surface area contributed by atoms with Crippen molar-refractivity contribution in [1.82, 2.24) is 0 Å². The van der Waals surface area contributed by atoms with Gasteiger partial charge in [-0.2, -0.15) is 5.26 Å². The molecule has 0 fully saturated rings. The van der Waals surface area contributed by atoms with E-state index in [2.05, 4.69) is 22.6 Å². The van der Waals surface area contributed by atoms with Crippen LogP contribution in [0.25, 0.3) is 6.08 Å². The number of carbonyl (C=O) groups excluding carboxylic acids is 1. The fraction of sp³-hybridized carbons (Fsp3) is 0.0588. The number of allylic oxidation sites excluding steroid dienone is 1. The van der Waals surface area contributed by atoms with Gasteiger partial charge in [0.25, 0.3) is 0 Å². The first-order valence-corrected chi connectivity index (χ1v) is 7.28. The first-order chi connectivity index (χ1) is 10.2. The summed E-state index contributed by atoms with van der Waals surface area (Å²) in [5, 5.41) is 9.26. The zero-order chi connectivity index (χ0) is 15.2. The Balaban J connectivity index is 2.40. The number of hydrogen-bond acceptors (Lipinski definition) is 3. The summed E-state index contributed by atoms with van der Waals surface area (Å²) in [7, 11) is 1.54. The Kier molecular flexibility index (Phi) is 5.12. The lowest BCUT2D eigenvalue weighted by Gasteiger charge is -2.04. The summed E-state index contributed by atoms with van der Waals surface area (Å²) < 4.78 is 6.09. The molecule has 0 aliphatic heterocycles. The molecule has 2 rings (SSSR count). The van der Waals surface area contributed by atoms with Crippen LogP contribution in [0.4, 0.5) is 0 Å². The van der Waals surface area contributed by atoms with E-state index in [1.165, 1.54) is 7.11 Å². The number of ether oxygens (including phenoxy) is 1. The number of hydrogen-bond donors (Lipinski definition) is 0. The Morgan fingerprint density at radius 3 is 2.67 bits per heavy atom. The lowest BCUT2D eigenvalue weighted by Crippen LogP contribution is -2.02. The minimum atomic E-state index is -0.309. The Morgan fingerprint density at radius 1 is 1.24 bits per heavy atom. The summed E-state index contributed by atoms with van der Waals surface area (Å²) >= 11 is 2.17. The van der Waals surface area contributed by atoms with Gasteiger partial charge < -0.3 is 4.74 Å². The molecule has 0 spiro atoms. The number of ketones is 1. The van der Waals surface area contributed by atoms with Crippen LogP contribution in [-0.4, -0.2) is 12.9 Å². The van der Waals surface area contributed by atoms with E-state index in [9.17, 15) is 10.1 Å². The number of benzene rings is 2. The van der Waals surface area contributed by atoms with Crippen LogP contribution in [0.2, 0.25) is 0 Å². The molecule has 0 aromatic heterocycles. The van der Waals surface area contributed by atoms with Gasteiger partial charge in [-0.3, -0.25) is 4.79 Å². The maximum absolute atomic E-state index is 12.4. The molecule has 21 heavy (non-hydrogen) atoms. The topological polar surface area (TPSA) is 50.1 Å². The molecule has 0 heterocycles. The number of halogens is 1. The number of nitrogens with zero attached hydrogens (tertiary/aromatic N) is 1. The minimum absolute atomic E-state index is 0.104. The van der Waals surface area contributed by atoms with Gasteiger partial charge in [-0.05, 0) is 52.4 Å². The molecule has 0 N–H and O–H groups in total. The zero-order valence-corrected chi connectivity index (χ0v) is 13.5. The molecule has 104 valence electrons. The molecule has 4 heteroatoms. The van der Waals surface area contributed by atoms with Crippen molar-refractivity contribution in [2.75, 3.05) is 7.11 Å². The van der Waals surface area contributed by atoms with Crippen LogP contribution in [0.5, 0.6) is 5.75 Å². The molecule has 2 aromatic carbocycles. The molecule has 0 radical (unpaired) electrons. The highest BCUT2D eigenvalue weighted by Crippen LogP contribution is 2.19. The second-order valence-corrected chi connectivity index (χ2v) is 5.41. The SMILES string of the molecule is COc1cccc(C(=O)/C(C#N)=C\c2ccccc2I)c1. The van der Waals surface area contributed by atoms with Crippen LogP contribution >= 0.6 is 22.6 Å². The molecular formula is C17H12INO2. The van der Waals surface area contributed by atoms with E-state index in [1.54, 1.807) is 30.3 Å². The van der Waals surface area contributed by atoms with E-state index in [0.717, 1.165) is 9.13 Å². The molecule has 0 atom stereocenters. The Labute approximate surface area is 137 Å². The summed E-state index contributed by atoms with van der Waals surface area (Å²) in [5.74, 6) is 0.281. The minimum Gasteiger partial charge on any atom is -0.497 e. The van der Waals surface area contributed by atoms with E-state index >= 15 is 0 Å². The van der Waals surface area contributed by atoms with Gasteiger partial charge in [0, 0.05) is 9.13 Å². The van der Waals surface area contributed by atoms with Gasteiger partial charge in [-0.1, -0.05) is 30.3 Å². The fourth-order valence-corrected chi connectivity index (χ4v) is 2.36. The van der Waals surface area contributed by atoms with Crippen LogP contribution in [0.1, 0.15) is 15.9 Å². The molecule has 0 aliphatic carbocycles.